The summed E-state index contributed by atoms with van der Waals surface area (Å²) in [5, 5.41) is 11.1. The first-order chi connectivity index (χ1) is 7.97. The van der Waals surface area contributed by atoms with Crippen LogP contribution in [0.4, 0.5) is 0 Å². The van der Waals surface area contributed by atoms with Gasteiger partial charge in [-0.15, -0.1) is 11.3 Å². The highest BCUT2D eigenvalue weighted by molar-refractivity contribution is 7.17. The molecule has 1 aromatic heterocycles. The van der Waals surface area contributed by atoms with Crippen LogP contribution in [0.1, 0.15) is 18.2 Å². The number of aliphatic carboxylic acids is 1. The fourth-order valence-electron chi connectivity index (χ4n) is 1.18. The monoisotopic (exact) mass is 273 g/mol. The number of halogens is 1. The third kappa shape index (κ3) is 5.51. The average molecular weight is 274 g/mol. The number of carboxylic acids is 1. The van der Waals surface area contributed by atoms with Gasteiger partial charge in [0.1, 0.15) is 0 Å². The number of hydrogen-bond acceptors (Lipinski definition) is 3. The molecule has 0 bridgehead atoms. The Morgan fingerprint density at radius 1 is 1.59 bits per heavy atom. The molecule has 0 spiro atoms. The summed E-state index contributed by atoms with van der Waals surface area (Å²) in [6.07, 6.45) is 2.91. The SMILES string of the molecule is CC(CC(=O)O)NC(=O)/C=C/c1ccc(Cl)s1. The number of rotatable bonds is 5. The first-order valence-corrected chi connectivity index (χ1v) is 6.12. The molecule has 0 saturated heterocycles. The molecule has 0 fully saturated rings. The second-order valence-corrected chi connectivity index (χ2v) is 5.23. The number of hydrogen-bond donors (Lipinski definition) is 2. The molecule has 1 aromatic rings. The van der Waals surface area contributed by atoms with Crippen LogP contribution in [0, 0.1) is 0 Å². The van der Waals surface area contributed by atoms with Crippen molar-refractivity contribution in [1.82, 2.24) is 5.32 Å². The Morgan fingerprint density at radius 3 is 2.82 bits per heavy atom. The van der Waals surface area contributed by atoms with Gasteiger partial charge in [0.25, 0.3) is 0 Å². The van der Waals surface area contributed by atoms with E-state index in [9.17, 15) is 9.59 Å². The number of carboxylic acid groups (broad SMARTS) is 1. The standard InChI is InChI=1S/C11H12ClNO3S/c1-7(6-11(15)16)13-10(14)5-3-8-2-4-9(12)17-8/h2-5,7H,6H2,1H3,(H,13,14)(H,15,16)/b5-3+. The Bertz CT molecular complexity index is 442. The summed E-state index contributed by atoms with van der Waals surface area (Å²) >= 11 is 7.10. The summed E-state index contributed by atoms with van der Waals surface area (Å²) < 4.78 is 0.657. The summed E-state index contributed by atoms with van der Waals surface area (Å²) in [7, 11) is 0. The molecule has 1 unspecified atom stereocenters. The highest BCUT2D eigenvalue weighted by Crippen LogP contribution is 2.22. The number of carbonyl (C=O) groups excluding carboxylic acids is 1. The Labute approximate surface area is 108 Å². The minimum absolute atomic E-state index is 0.0928. The van der Waals surface area contributed by atoms with E-state index in [1.807, 2.05) is 0 Å². The van der Waals surface area contributed by atoms with Gasteiger partial charge in [-0.3, -0.25) is 9.59 Å². The van der Waals surface area contributed by atoms with Crippen molar-refractivity contribution in [3.05, 3.63) is 27.4 Å². The van der Waals surface area contributed by atoms with E-state index in [4.69, 9.17) is 16.7 Å². The normalized spacial score (nSPS) is 12.6. The van der Waals surface area contributed by atoms with Gasteiger partial charge in [0.2, 0.25) is 5.91 Å². The maximum absolute atomic E-state index is 11.4. The highest BCUT2D eigenvalue weighted by Gasteiger charge is 2.08. The molecule has 1 amide bonds. The Hall–Kier alpha value is -1.33. The van der Waals surface area contributed by atoms with Crippen molar-refractivity contribution in [3.63, 3.8) is 0 Å². The van der Waals surface area contributed by atoms with Crippen LogP contribution in [0.3, 0.4) is 0 Å². The quantitative estimate of drug-likeness (QED) is 0.810. The van der Waals surface area contributed by atoms with Crippen LogP contribution >= 0.6 is 22.9 Å². The molecule has 4 nitrogen and oxygen atoms in total. The van der Waals surface area contributed by atoms with Crippen molar-refractivity contribution in [2.45, 2.75) is 19.4 Å². The van der Waals surface area contributed by atoms with Gasteiger partial charge in [-0.25, -0.2) is 0 Å². The fraction of sp³-hybridized carbons (Fsp3) is 0.273. The van der Waals surface area contributed by atoms with Gasteiger partial charge in [-0.05, 0) is 25.1 Å². The molecule has 0 aliphatic carbocycles. The van der Waals surface area contributed by atoms with Crippen LogP contribution < -0.4 is 5.32 Å². The second-order valence-electron chi connectivity index (χ2n) is 3.48. The first-order valence-electron chi connectivity index (χ1n) is 4.93. The fourth-order valence-corrected chi connectivity index (χ4v) is 2.14. The molecule has 17 heavy (non-hydrogen) atoms. The lowest BCUT2D eigenvalue weighted by Crippen LogP contribution is -2.32. The Morgan fingerprint density at radius 2 is 2.29 bits per heavy atom. The lowest BCUT2D eigenvalue weighted by molar-refractivity contribution is -0.137. The van der Waals surface area contributed by atoms with Crippen molar-refractivity contribution in [2.24, 2.45) is 0 Å². The average Bonchev–Trinajstić information content (AvgIpc) is 2.59. The van der Waals surface area contributed by atoms with E-state index in [-0.39, 0.29) is 12.3 Å². The lowest BCUT2D eigenvalue weighted by atomic mass is 10.2. The molecule has 0 aliphatic heterocycles. The molecule has 1 atom stereocenters. The zero-order valence-corrected chi connectivity index (χ0v) is 10.7. The van der Waals surface area contributed by atoms with Crippen molar-refractivity contribution < 1.29 is 14.7 Å². The molecule has 6 heteroatoms. The molecule has 0 radical (unpaired) electrons. The molecule has 0 aliphatic rings. The van der Waals surface area contributed by atoms with E-state index in [1.165, 1.54) is 17.4 Å². The van der Waals surface area contributed by atoms with Crippen molar-refractivity contribution in [3.8, 4) is 0 Å². The predicted molar refractivity (Wildman–Crippen MR) is 68.2 cm³/mol. The van der Waals surface area contributed by atoms with E-state index >= 15 is 0 Å². The Kier molecular flexibility index (Phi) is 5.18. The van der Waals surface area contributed by atoms with Gasteiger partial charge in [-0.2, -0.15) is 0 Å². The molecular formula is C11H12ClNO3S. The van der Waals surface area contributed by atoms with Gasteiger partial charge in [0, 0.05) is 17.0 Å². The molecule has 0 saturated carbocycles. The number of thiophene rings is 1. The van der Waals surface area contributed by atoms with Crippen LogP contribution in [0.25, 0.3) is 6.08 Å². The minimum atomic E-state index is -0.938. The molecule has 1 heterocycles. The van der Waals surface area contributed by atoms with Gasteiger partial charge in [-0.1, -0.05) is 11.6 Å². The van der Waals surface area contributed by atoms with Gasteiger partial charge < -0.3 is 10.4 Å². The second kappa shape index (κ2) is 6.42. The van der Waals surface area contributed by atoms with Crippen LogP contribution in [0.5, 0.6) is 0 Å². The van der Waals surface area contributed by atoms with Gasteiger partial charge in [0.15, 0.2) is 0 Å². The largest absolute Gasteiger partial charge is 0.481 e. The summed E-state index contributed by atoms with van der Waals surface area (Å²) in [4.78, 5) is 22.7. The minimum Gasteiger partial charge on any atom is -0.481 e. The summed E-state index contributed by atoms with van der Waals surface area (Å²) in [6, 6.07) is 3.16. The number of nitrogens with one attached hydrogen (secondary N) is 1. The van der Waals surface area contributed by atoms with Crippen molar-refractivity contribution in [1.29, 1.82) is 0 Å². The molecular weight excluding hydrogens is 262 g/mol. The lowest BCUT2D eigenvalue weighted by Gasteiger charge is -2.08. The van der Waals surface area contributed by atoms with Crippen LogP contribution in [0.2, 0.25) is 4.34 Å². The first kappa shape index (κ1) is 13.7. The van der Waals surface area contributed by atoms with Gasteiger partial charge in [0.05, 0.1) is 10.8 Å². The molecule has 1 rings (SSSR count). The highest BCUT2D eigenvalue weighted by atomic mass is 35.5. The zero-order chi connectivity index (χ0) is 12.8. The summed E-state index contributed by atoms with van der Waals surface area (Å²) in [5.41, 5.74) is 0. The van der Waals surface area contributed by atoms with E-state index in [1.54, 1.807) is 25.1 Å². The number of amides is 1. The summed E-state index contributed by atoms with van der Waals surface area (Å²) in [5.74, 6) is -1.25. The van der Waals surface area contributed by atoms with E-state index in [0.717, 1.165) is 4.88 Å². The topological polar surface area (TPSA) is 66.4 Å². The van der Waals surface area contributed by atoms with Crippen molar-refractivity contribution >= 4 is 40.9 Å². The molecule has 92 valence electrons. The van der Waals surface area contributed by atoms with E-state index in [2.05, 4.69) is 5.32 Å². The number of carbonyl (C=O) groups is 2. The van der Waals surface area contributed by atoms with Crippen molar-refractivity contribution in [2.75, 3.05) is 0 Å². The zero-order valence-electron chi connectivity index (χ0n) is 9.14. The smallest absolute Gasteiger partial charge is 0.305 e. The summed E-state index contributed by atoms with van der Waals surface area (Å²) in [6.45, 7) is 1.64. The predicted octanol–water partition coefficient (Wildman–Crippen LogP) is 2.39. The van der Waals surface area contributed by atoms with Gasteiger partial charge >= 0.3 is 5.97 Å². The molecule has 2 N–H and O–H groups in total. The van der Waals surface area contributed by atoms with Crippen LogP contribution in [-0.2, 0) is 9.59 Å². The molecule has 0 aromatic carbocycles. The Balaban J connectivity index is 2.44. The third-order valence-corrected chi connectivity index (χ3v) is 3.06. The van der Waals surface area contributed by atoms with E-state index < -0.39 is 12.0 Å². The van der Waals surface area contributed by atoms with Crippen LogP contribution in [0.15, 0.2) is 18.2 Å². The van der Waals surface area contributed by atoms with E-state index in [0.29, 0.717) is 4.34 Å². The third-order valence-electron chi connectivity index (χ3n) is 1.86. The maximum atomic E-state index is 11.4. The van der Waals surface area contributed by atoms with Crippen LogP contribution in [-0.4, -0.2) is 23.0 Å². The maximum Gasteiger partial charge on any atom is 0.305 e.